The maximum absolute atomic E-state index is 11.2. The van der Waals surface area contributed by atoms with Gasteiger partial charge in [-0.1, -0.05) is 12.1 Å². The Morgan fingerprint density at radius 2 is 1.17 bits per heavy atom. The van der Waals surface area contributed by atoms with Crippen molar-refractivity contribution in [3.63, 3.8) is 0 Å². The number of nitrogens with one attached hydrogen (secondary N) is 2. The van der Waals surface area contributed by atoms with Gasteiger partial charge in [0.1, 0.15) is 11.6 Å². The third kappa shape index (κ3) is 5.15. The molecule has 2 N–H and O–H groups in total. The first-order chi connectivity index (χ1) is 11.7. The van der Waals surface area contributed by atoms with Crippen LogP contribution >= 0.6 is 0 Å². The lowest BCUT2D eigenvalue weighted by Crippen LogP contribution is -2.13. The third-order valence-corrected chi connectivity index (χ3v) is 3.73. The number of nitrogens with zero attached hydrogens (tertiary/aromatic N) is 2. The van der Waals surface area contributed by atoms with Crippen molar-refractivity contribution < 1.29 is 9.59 Å². The smallest absolute Gasteiger partial charge is 0.228 e. The largest absolute Gasteiger partial charge is 0.310 e. The molecule has 6 nitrogen and oxygen atoms in total. The Kier molecular flexibility index (Phi) is 5.15. The molecule has 0 aromatic carbocycles. The van der Waals surface area contributed by atoms with E-state index in [4.69, 9.17) is 0 Å². The lowest BCUT2D eigenvalue weighted by molar-refractivity contribution is -0.118. The summed E-state index contributed by atoms with van der Waals surface area (Å²) in [6.07, 6.45) is 7.44. The number of carbonyl (C=O) groups is 2. The van der Waals surface area contributed by atoms with Crippen LogP contribution < -0.4 is 10.6 Å². The van der Waals surface area contributed by atoms with Crippen LogP contribution in [0.1, 0.15) is 25.7 Å². The summed E-state index contributed by atoms with van der Waals surface area (Å²) in [7, 11) is 0. The highest BCUT2D eigenvalue weighted by Crippen LogP contribution is 2.30. The van der Waals surface area contributed by atoms with E-state index < -0.39 is 0 Å². The molecule has 124 valence electrons. The van der Waals surface area contributed by atoms with Crippen LogP contribution in [-0.2, 0) is 9.59 Å². The number of pyridine rings is 2. The van der Waals surface area contributed by atoms with Crippen molar-refractivity contribution >= 4 is 23.5 Å². The summed E-state index contributed by atoms with van der Waals surface area (Å²) >= 11 is 0. The second kappa shape index (κ2) is 7.68. The fourth-order valence-corrected chi connectivity index (χ4v) is 2.02. The van der Waals surface area contributed by atoms with E-state index in [2.05, 4.69) is 20.6 Å². The Morgan fingerprint density at radius 3 is 1.46 bits per heavy atom. The topological polar surface area (TPSA) is 84.0 Å². The van der Waals surface area contributed by atoms with Crippen LogP contribution in [0.5, 0.6) is 0 Å². The van der Waals surface area contributed by atoms with Gasteiger partial charge in [-0.2, -0.15) is 0 Å². The molecule has 2 heterocycles. The summed E-state index contributed by atoms with van der Waals surface area (Å²) in [6, 6.07) is 10.9. The molecule has 0 radical (unpaired) electrons. The first-order valence-corrected chi connectivity index (χ1v) is 8.16. The van der Waals surface area contributed by atoms with Crippen molar-refractivity contribution in [1.29, 1.82) is 0 Å². The number of carbonyl (C=O) groups excluding carboxylic acids is 2. The second-order valence-electron chi connectivity index (χ2n) is 5.96. The minimum atomic E-state index is 0.105. The highest BCUT2D eigenvalue weighted by atomic mass is 16.2. The van der Waals surface area contributed by atoms with E-state index in [1.54, 1.807) is 24.5 Å². The van der Waals surface area contributed by atoms with E-state index in [1.807, 2.05) is 24.3 Å². The fraction of sp³-hybridized carbons (Fsp3) is 0.333. The molecule has 24 heavy (non-hydrogen) atoms. The third-order valence-electron chi connectivity index (χ3n) is 3.73. The number of aromatic nitrogens is 2. The lowest BCUT2D eigenvalue weighted by atomic mass is 10.4. The van der Waals surface area contributed by atoms with E-state index in [1.165, 1.54) is 0 Å². The molecule has 2 saturated carbocycles. The molecule has 0 aliphatic heterocycles. The monoisotopic (exact) mass is 324 g/mol. The first-order valence-electron chi connectivity index (χ1n) is 8.16. The summed E-state index contributed by atoms with van der Waals surface area (Å²) in [6.45, 7) is 0. The minimum Gasteiger partial charge on any atom is -0.310 e. The molecule has 2 aromatic heterocycles. The average molecular weight is 324 g/mol. The quantitative estimate of drug-likeness (QED) is 0.906. The number of hydrogen-bond donors (Lipinski definition) is 2. The average Bonchev–Trinajstić information content (AvgIpc) is 3.51. The normalized spacial score (nSPS) is 15.7. The van der Waals surface area contributed by atoms with Crippen molar-refractivity contribution in [3.05, 3.63) is 48.8 Å². The van der Waals surface area contributed by atoms with Gasteiger partial charge in [0, 0.05) is 24.2 Å². The second-order valence-corrected chi connectivity index (χ2v) is 5.96. The van der Waals surface area contributed by atoms with Crippen LogP contribution in [0.3, 0.4) is 0 Å². The van der Waals surface area contributed by atoms with Gasteiger partial charge in [-0.05, 0) is 49.9 Å². The van der Waals surface area contributed by atoms with Gasteiger partial charge in [-0.25, -0.2) is 9.97 Å². The molecule has 2 amide bonds. The zero-order valence-electron chi connectivity index (χ0n) is 13.3. The van der Waals surface area contributed by atoms with Crippen LogP contribution in [0.2, 0.25) is 0 Å². The Morgan fingerprint density at radius 1 is 0.750 bits per heavy atom. The molecule has 4 rings (SSSR count). The van der Waals surface area contributed by atoms with E-state index >= 15 is 0 Å². The van der Waals surface area contributed by atoms with Crippen LogP contribution in [0.4, 0.5) is 11.6 Å². The van der Waals surface area contributed by atoms with Gasteiger partial charge in [-0.15, -0.1) is 0 Å². The summed E-state index contributed by atoms with van der Waals surface area (Å²) in [5, 5.41) is 5.51. The van der Waals surface area contributed by atoms with Gasteiger partial charge in [0.2, 0.25) is 11.8 Å². The molecule has 6 heteroatoms. The summed E-state index contributed by atoms with van der Waals surface area (Å²) in [5.41, 5.74) is 0. The van der Waals surface area contributed by atoms with E-state index in [0.29, 0.717) is 11.6 Å². The van der Waals surface area contributed by atoms with Crippen molar-refractivity contribution in [2.24, 2.45) is 11.8 Å². The van der Waals surface area contributed by atoms with Crippen molar-refractivity contribution in [1.82, 2.24) is 9.97 Å². The van der Waals surface area contributed by atoms with Crippen LogP contribution in [-0.4, -0.2) is 21.8 Å². The number of anilines is 2. The Labute approximate surface area is 140 Å². The highest BCUT2D eigenvalue weighted by molar-refractivity contribution is 5.93. The van der Waals surface area contributed by atoms with Gasteiger partial charge >= 0.3 is 0 Å². The van der Waals surface area contributed by atoms with Crippen LogP contribution in [0.15, 0.2) is 48.8 Å². The summed E-state index contributed by atoms with van der Waals surface area (Å²) in [5.74, 6) is 1.99. The van der Waals surface area contributed by atoms with E-state index in [9.17, 15) is 9.59 Å². The van der Waals surface area contributed by atoms with Crippen LogP contribution in [0, 0.1) is 11.8 Å². The molecule has 0 spiro atoms. The summed E-state index contributed by atoms with van der Waals surface area (Å²) < 4.78 is 0. The zero-order valence-corrected chi connectivity index (χ0v) is 13.3. The highest BCUT2D eigenvalue weighted by Gasteiger charge is 2.30. The van der Waals surface area contributed by atoms with E-state index in [0.717, 1.165) is 25.7 Å². The standard InChI is InChI=1S/2C9H10N2O/c2*12-9(7-4-5-7)11-8-3-1-2-6-10-8/h2*1-3,6-7H,4-5H2,(H,10,11,12). The van der Waals surface area contributed by atoms with E-state index in [-0.39, 0.29) is 23.7 Å². The van der Waals surface area contributed by atoms with Crippen LogP contribution in [0.25, 0.3) is 0 Å². The molecule has 0 unspecified atom stereocenters. The molecule has 2 aliphatic rings. The molecule has 0 saturated heterocycles. The first kappa shape index (κ1) is 16.1. The fourth-order valence-electron chi connectivity index (χ4n) is 2.02. The molecule has 2 aliphatic carbocycles. The number of amides is 2. The number of hydrogen-bond acceptors (Lipinski definition) is 4. The molecule has 2 fully saturated rings. The lowest BCUT2D eigenvalue weighted by Gasteiger charge is -2.00. The summed E-state index contributed by atoms with van der Waals surface area (Å²) in [4.78, 5) is 30.4. The number of rotatable bonds is 4. The van der Waals surface area contributed by atoms with Crippen molar-refractivity contribution in [2.75, 3.05) is 10.6 Å². The maximum Gasteiger partial charge on any atom is 0.228 e. The molecule has 0 atom stereocenters. The Balaban J connectivity index is 0.000000141. The van der Waals surface area contributed by atoms with Gasteiger partial charge in [-0.3, -0.25) is 9.59 Å². The molecular weight excluding hydrogens is 304 g/mol. The zero-order chi connectivity index (χ0) is 16.8. The molecule has 2 aromatic rings. The SMILES string of the molecule is O=C(Nc1ccccn1)C1CC1.O=C(Nc1ccccn1)C1CC1. The van der Waals surface area contributed by atoms with Gasteiger partial charge in [0.25, 0.3) is 0 Å². The van der Waals surface area contributed by atoms with Gasteiger partial charge < -0.3 is 10.6 Å². The van der Waals surface area contributed by atoms with Crippen molar-refractivity contribution in [2.45, 2.75) is 25.7 Å². The Bertz CT molecular complexity index is 621. The van der Waals surface area contributed by atoms with Gasteiger partial charge in [0.15, 0.2) is 0 Å². The van der Waals surface area contributed by atoms with Crippen molar-refractivity contribution in [3.8, 4) is 0 Å². The molecular formula is C18H20N4O2. The predicted molar refractivity (Wildman–Crippen MR) is 91.2 cm³/mol. The molecule has 0 bridgehead atoms. The maximum atomic E-state index is 11.2. The predicted octanol–water partition coefficient (Wildman–Crippen LogP) is 2.86. The Hall–Kier alpha value is -2.76. The van der Waals surface area contributed by atoms with Gasteiger partial charge in [0.05, 0.1) is 0 Å². The minimum absolute atomic E-state index is 0.105.